The first-order valence-corrected chi connectivity index (χ1v) is 6.10. The number of aromatic carboxylic acids is 1. The largest absolute Gasteiger partial charge is 0.478 e. The first kappa shape index (κ1) is 11.9. The maximum Gasteiger partial charge on any atom is 0.337 e. The summed E-state index contributed by atoms with van der Waals surface area (Å²) in [5.74, 6) is -0.111. The van der Waals surface area contributed by atoms with E-state index >= 15 is 0 Å². The Hall–Kier alpha value is -1.58. The topological polar surface area (TPSA) is 62.2 Å². The number of carboxylic acid groups (broad SMARTS) is 1. The van der Waals surface area contributed by atoms with E-state index in [-0.39, 0.29) is 0 Å². The number of nitrogens with zero attached hydrogens (tertiary/aromatic N) is 1. The molecule has 1 heterocycles. The van der Waals surface area contributed by atoms with Gasteiger partial charge in [-0.15, -0.1) is 0 Å². The Bertz CT molecular complexity index is 398. The summed E-state index contributed by atoms with van der Waals surface area (Å²) in [7, 11) is 0. The van der Waals surface area contributed by atoms with Crippen molar-refractivity contribution in [3.63, 3.8) is 0 Å². The average Bonchev–Trinajstić information content (AvgIpc) is 2.32. The lowest BCUT2D eigenvalue weighted by atomic mass is 9.87. The molecule has 2 N–H and O–H groups in total. The lowest BCUT2D eigenvalue weighted by molar-refractivity contribution is 0.0697. The van der Waals surface area contributed by atoms with E-state index in [2.05, 4.69) is 17.2 Å². The van der Waals surface area contributed by atoms with Crippen LogP contribution in [-0.4, -0.2) is 22.1 Å². The van der Waals surface area contributed by atoms with Crippen molar-refractivity contribution in [1.29, 1.82) is 0 Å². The third-order valence-electron chi connectivity index (χ3n) is 3.43. The zero-order chi connectivity index (χ0) is 12.3. The smallest absolute Gasteiger partial charge is 0.337 e. The fourth-order valence-electron chi connectivity index (χ4n) is 2.32. The molecule has 0 aromatic carbocycles. The van der Waals surface area contributed by atoms with Crippen LogP contribution in [0, 0.1) is 5.92 Å². The molecule has 0 saturated heterocycles. The molecular formula is C13H18N2O2. The van der Waals surface area contributed by atoms with Gasteiger partial charge < -0.3 is 10.4 Å². The molecule has 4 heteroatoms. The zero-order valence-corrected chi connectivity index (χ0v) is 10.0. The van der Waals surface area contributed by atoms with Crippen LogP contribution in [0.25, 0.3) is 0 Å². The molecule has 1 fully saturated rings. The summed E-state index contributed by atoms with van der Waals surface area (Å²) >= 11 is 0. The van der Waals surface area contributed by atoms with Crippen molar-refractivity contribution in [2.75, 3.05) is 5.32 Å². The van der Waals surface area contributed by atoms with Crippen LogP contribution in [0.2, 0.25) is 0 Å². The SMILES string of the molecule is CC1CCC(Nc2cnccc2C(=O)O)CC1. The lowest BCUT2D eigenvalue weighted by Gasteiger charge is -2.28. The summed E-state index contributed by atoms with van der Waals surface area (Å²) in [4.78, 5) is 15.0. The molecule has 1 aliphatic carbocycles. The Morgan fingerprint density at radius 3 is 2.76 bits per heavy atom. The van der Waals surface area contributed by atoms with Gasteiger partial charge in [0, 0.05) is 12.2 Å². The van der Waals surface area contributed by atoms with Crippen LogP contribution < -0.4 is 5.32 Å². The van der Waals surface area contributed by atoms with Gasteiger partial charge in [0.25, 0.3) is 0 Å². The van der Waals surface area contributed by atoms with Crippen LogP contribution in [0.15, 0.2) is 18.5 Å². The summed E-state index contributed by atoms with van der Waals surface area (Å²) in [6.07, 6.45) is 7.74. The van der Waals surface area contributed by atoms with Crippen molar-refractivity contribution in [2.24, 2.45) is 5.92 Å². The van der Waals surface area contributed by atoms with E-state index in [0.717, 1.165) is 18.8 Å². The second-order valence-electron chi connectivity index (χ2n) is 4.83. The van der Waals surface area contributed by atoms with Gasteiger partial charge in [0.15, 0.2) is 0 Å². The Kier molecular flexibility index (Phi) is 3.61. The molecule has 2 rings (SSSR count). The van der Waals surface area contributed by atoms with E-state index in [9.17, 15) is 4.79 Å². The molecule has 1 aliphatic rings. The van der Waals surface area contributed by atoms with Gasteiger partial charge in [0.05, 0.1) is 17.4 Å². The minimum Gasteiger partial charge on any atom is -0.478 e. The van der Waals surface area contributed by atoms with E-state index in [0.29, 0.717) is 17.3 Å². The maximum atomic E-state index is 11.0. The summed E-state index contributed by atoms with van der Waals surface area (Å²) in [6, 6.07) is 1.92. The van der Waals surface area contributed by atoms with Gasteiger partial charge in [-0.25, -0.2) is 4.79 Å². The lowest BCUT2D eigenvalue weighted by Crippen LogP contribution is -2.26. The number of anilines is 1. The molecule has 0 aliphatic heterocycles. The van der Waals surface area contributed by atoms with E-state index in [4.69, 9.17) is 5.11 Å². The quantitative estimate of drug-likeness (QED) is 0.844. The third kappa shape index (κ3) is 2.96. The van der Waals surface area contributed by atoms with Gasteiger partial charge in [0.1, 0.15) is 0 Å². The normalized spacial score (nSPS) is 24.3. The van der Waals surface area contributed by atoms with Gasteiger partial charge in [-0.3, -0.25) is 4.98 Å². The fourth-order valence-corrected chi connectivity index (χ4v) is 2.32. The summed E-state index contributed by atoms with van der Waals surface area (Å²) in [5, 5.41) is 12.4. The molecule has 0 radical (unpaired) electrons. The number of hydrogen-bond donors (Lipinski definition) is 2. The Labute approximate surface area is 101 Å². The first-order valence-electron chi connectivity index (χ1n) is 6.10. The Balaban J connectivity index is 2.05. The molecule has 4 nitrogen and oxygen atoms in total. The highest BCUT2D eigenvalue weighted by Crippen LogP contribution is 2.26. The zero-order valence-electron chi connectivity index (χ0n) is 10.0. The van der Waals surface area contributed by atoms with Crippen molar-refractivity contribution in [2.45, 2.75) is 38.6 Å². The summed E-state index contributed by atoms with van der Waals surface area (Å²) in [6.45, 7) is 2.27. The van der Waals surface area contributed by atoms with Crippen molar-refractivity contribution in [1.82, 2.24) is 4.98 Å². The summed E-state index contributed by atoms with van der Waals surface area (Å²) < 4.78 is 0. The monoisotopic (exact) mass is 234 g/mol. The molecule has 1 saturated carbocycles. The van der Waals surface area contributed by atoms with Crippen LogP contribution in [0.1, 0.15) is 43.0 Å². The standard InChI is InChI=1S/C13H18N2O2/c1-9-2-4-10(5-3-9)15-12-8-14-7-6-11(12)13(16)17/h6-10,15H,2-5H2,1H3,(H,16,17). The molecule has 0 amide bonds. The highest BCUT2D eigenvalue weighted by atomic mass is 16.4. The molecule has 0 spiro atoms. The number of pyridine rings is 1. The van der Waals surface area contributed by atoms with Gasteiger partial charge in [0.2, 0.25) is 0 Å². The third-order valence-corrected chi connectivity index (χ3v) is 3.43. The Morgan fingerprint density at radius 2 is 2.12 bits per heavy atom. The number of rotatable bonds is 3. The first-order chi connectivity index (χ1) is 8.16. The van der Waals surface area contributed by atoms with Crippen LogP contribution in [0.4, 0.5) is 5.69 Å². The minimum atomic E-state index is -0.904. The minimum absolute atomic E-state index is 0.304. The van der Waals surface area contributed by atoms with Crippen LogP contribution in [0.5, 0.6) is 0 Å². The average molecular weight is 234 g/mol. The number of carboxylic acids is 1. The van der Waals surface area contributed by atoms with Crippen molar-refractivity contribution >= 4 is 11.7 Å². The highest BCUT2D eigenvalue weighted by Gasteiger charge is 2.19. The van der Waals surface area contributed by atoms with Gasteiger partial charge >= 0.3 is 5.97 Å². The fraction of sp³-hybridized carbons (Fsp3) is 0.538. The molecule has 1 aromatic rings. The highest BCUT2D eigenvalue weighted by molar-refractivity contribution is 5.93. The molecular weight excluding hydrogens is 216 g/mol. The number of carbonyl (C=O) groups is 1. The molecule has 0 unspecified atom stereocenters. The van der Waals surface area contributed by atoms with Gasteiger partial charge in [-0.1, -0.05) is 6.92 Å². The molecule has 1 aromatic heterocycles. The maximum absolute atomic E-state index is 11.0. The van der Waals surface area contributed by atoms with Gasteiger partial charge in [-0.2, -0.15) is 0 Å². The van der Waals surface area contributed by atoms with Crippen LogP contribution in [0.3, 0.4) is 0 Å². The number of hydrogen-bond acceptors (Lipinski definition) is 3. The summed E-state index contributed by atoms with van der Waals surface area (Å²) in [5.41, 5.74) is 0.943. The molecule has 17 heavy (non-hydrogen) atoms. The van der Waals surface area contributed by atoms with Crippen molar-refractivity contribution < 1.29 is 9.90 Å². The van der Waals surface area contributed by atoms with Crippen molar-refractivity contribution in [3.8, 4) is 0 Å². The molecule has 0 atom stereocenters. The van der Waals surface area contributed by atoms with E-state index in [1.54, 1.807) is 6.20 Å². The predicted molar refractivity (Wildman–Crippen MR) is 66.2 cm³/mol. The number of nitrogens with one attached hydrogen (secondary N) is 1. The van der Waals surface area contributed by atoms with E-state index in [1.807, 2.05) is 0 Å². The second-order valence-corrected chi connectivity index (χ2v) is 4.83. The van der Waals surface area contributed by atoms with E-state index in [1.165, 1.54) is 25.1 Å². The van der Waals surface area contributed by atoms with E-state index < -0.39 is 5.97 Å². The molecule has 0 bridgehead atoms. The second kappa shape index (κ2) is 5.17. The Morgan fingerprint density at radius 1 is 1.41 bits per heavy atom. The van der Waals surface area contributed by atoms with Crippen molar-refractivity contribution in [3.05, 3.63) is 24.0 Å². The predicted octanol–water partition coefficient (Wildman–Crippen LogP) is 2.77. The van der Waals surface area contributed by atoms with Gasteiger partial charge in [-0.05, 0) is 37.7 Å². The molecule has 92 valence electrons. The number of aromatic nitrogens is 1. The van der Waals surface area contributed by atoms with Crippen LogP contribution in [-0.2, 0) is 0 Å². The van der Waals surface area contributed by atoms with Crippen LogP contribution >= 0.6 is 0 Å².